The van der Waals surface area contributed by atoms with Gasteiger partial charge in [-0.05, 0) is 31.0 Å². The van der Waals surface area contributed by atoms with E-state index in [-0.39, 0.29) is 11.7 Å². The first-order chi connectivity index (χ1) is 8.58. The normalized spacial score (nSPS) is 16.8. The van der Waals surface area contributed by atoms with Crippen LogP contribution >= 0.6 is 11.6 Å². The first-order valence-electron chi connectivity index (χ1n) is 5.79. The molecule has 0 aliphatic carbocycles. The van der Waals surface area contributed by atoms with Crippen LogP contribution in [0.3, 0.4) is 0 Å². The van der Waals surface area contributed by atoms with E-state index < -0.39 is 10.8 Å². The zero-order valence-electron chi connectivity index (χ0n) is 9.89. The zero-order chi connectivity index (χ0) is 13.1. The van der Waals surface area contributed by atoms with E-state index in [1.54, 1.807) is 23.1 Å². The van der Waals surface area contributed by atoms with Gasteiger partial charge in [0.1, 0.15) is 5.75 Å². The number of hydrogen-bond acceptors (Lipinski definition) is 3. The number of nitrogens with zero attached hydrogens (tertiary/aromatic N) is 1. The fraction of sp³-hybridized carbons (Fsp3) is 0.417. The van der Waals surface area contributed by atoms with Crippen LogP contribution in [0.5, 0.6) is 0 Å². The van der Waals surface area contributed by atoms with E-state index in [9.17, 15) is 9.00 Å². The van der Waals surface area contributed by atoms with Gasteiger partial charge in [-0.1, -0.05) is 11.6 Å². The molecule has 1 aliphatic rings. The van der Waals surface area contributed by atoms with Crippen molar-refractivity contribution in [3.05, 3.63) is 23.2 Å². The van der Waals surface area contributed by atoms with Gasteiger partial charge in [0, 0.05) is 18.8 Å². The summed E-state index contributed by atoms with van der Waals surface area (Å²) in [6.07, 6.45) is 2.06. The van der Waals surface area contributed by atoms with Crippen LogP contribution in [-0.4, -0.2) is 33.9 Å². The van der Waals surface area contributed by atoms with Gasteiger partial charge < -0.3 is 10.6 Å². The van der Waals surface area contributed by atoms with E-state index in [0.29, 0.717) is 15.6 Å². The molecular formula is C12H15ClN2O2S. The summed E-state index contributed by atoms with van der Waals surface area (Å²) < 4.78 is 12.1. The second kappa shape index (κ2) is 5.71. The largest absolute Gasteiger partial charge is 0.399 e. The number of carbonyl (C=O) groups is 1. The van der Waals surface area contributed by atoms with E-state index in [0.717, 1.165) is 25.9 Å². The molecule has 1 saturated heterocycles. The molecule has 6 heteroatoms. The predicted molar refractivity (Wildman–Crippen MR) is 73.0 cm³/mol. The Morgan fingerprint density at radius 3 is 2.67 bits per heavy atom. The van der Waals surface area contributed by atoms with Gasteiger partial charge in [-0.2, -0.15) is 0 Å². The second-order valence-electron chi connectivity index (χ2n) is 4.27. The maximum atomic E-state index is 12.1. The molecule has 0 bridgehead atoms. The summed E-state index contributed by atoms with van der Waals surface area (Å²) in [5.74, 6) is -0.0809. The number of nitrogen functional groups attached to an aromatic ring is 1. The molecule has 1 unspecified atom stereocenters. The lowest BCUT2D eigenvalue weighted by Crippen LogP contribution is -2.31. The number of amides is 1. The standard InChI is InChI=1S/C12H15ClN2O2S/c13-10-7-9(14)3-4-11(10)18(17)8-12(16)15-5-1-2-6-15/h3-4,7H,1-2,5-6,8,14H2. The summed E-state index contributed by atoms with van der Waals surface area (Å²) in [7, 11) is -1.41. The van der Waals surface area contributed by atoms with Crippen LogP contribution < -0.4 is 5.73 Å². The summed E-state index contributed by atoms with van der Waals surface area (Å²) >= 11 is 5.97. The molecule has 0 radical (unpaired) electrons. The first kappa shape index (κ1) is 13.4. The highest BCUT2D eigenvalue weighted by Gasteiger charge is 2.21. The third-order valence-corrected chi connectivity index (χ3v) is 4.70. The number of anilines is 1. The lowest BCUT2D eigenvalue weighted by molar-refractivity contribution is -0.127. The van der Waals surface area contributed by atoms with Gasteiger partial charge in [0.05, 0.1) is 20.7 Å². The molecule has 2 N–H and O–H groups in total. The third kappa shape index (κ3) is 3.03. The lowest BCUT2D eigenvalue weighted by atomic mass is 10.3. The Morgan fingerprint density at radius 2 is 2.06 bits per heavy atom. The van der Waals surface area contributed by atoms with E-state index in [4.69, 9.17) is 17.3 Å². The first-order valence-corrected chi connectivity index (χ1v) is 7.49. The Bertz CT molecular complexity index is 487. The predicted octanol–water partition coefficient (Wildman–Crippen LogP) is 1.65. The van der Waals surface area contributed by atoms with E-state index in [2.05, 4.69) is 0 Å². The average Bonchev–Trinajstić information content (AvgIpc) is 2.81. The quantitative estimate of drug-likeness (QED) is 0.860. The molecule has 0 spiro atoms. The van der Waals surface area contributed by atoms with Gasteiger partial charge >= 0.3 is 0 Å². The number of rotatable bonds is 3. The van der Waals surface area contributed by atoms with Crippen molar-refractivity contribution in [3.63, 3.8) is 0 Å². The van der Waals surface area contributed by atoms with Crippen molar-refractivity contribution in [2.45, 2.75) is 17.7 Å². The number of hydrogen-bond donors (Lipinski definition) is 1. The van der Waals surface area contributed by atoms with Crippen LogP contribution in [0.4, 0.5) is 5.69 Å². The summed E-state index contributed by atoms with van der Waals surface area (Å²) in [6, 6.07) is 4.81. The topological polar surface area (TPSA) is 63.4 Å². The minimum atomic E-state index is -1.41. The molecule has 0 aromatic heterocycles. The molecule has 1 atom stereocenters. The number of nitrogens with two attached hydrogens (primary N) is 1. The van der Waals surface area contributed by atoms with Crippen molar-refractivity contribution >= 4 is 34.0 Å². The Morgan fingerprint density at radius 1 is 1.39 bits per heavy atom. The monoisotopic (exact) mass is 286 g/mol. The van der Waals surface area contributed by atoms with Crippen molar-refractivity contribution in [1.82, 2.24) is 4.90 Å². The number of likely N-dealkylation sites (tertiary alicyclic amines) is 1. The van der Waals surface area contributed by atoms with Crippen LogP contribution in [0, 0.1) is 0 Å². The van der Waals surface area contributed by atoms with E-state index in [1.165, 1.54) is 0 Å². The fourth-order valence-corrected chi connectivity index (χ4v) is 3.46. The van der Waals surface area contributed by atoms with Crippen molar-refractivity contribution in [3.8, 4) is 0 Å². The molecule has 98 valence electrons. The molecule has 1 aromatic carbocycles. The molecular weight excluding hydrogens is 272 g/mol. The lowest BCUT2D eigenvalue weighted by Gasteiger charge is -2.15. The van der Waals surface area contributed by atoms with Gasteiger partial charge in [0.15, 0.2) is 0 Å². The van der Waals surface area contributed by atoms with Crippen molar-refractivity contribution in [1.29, 1.82) is 0 Å². The molecule has 4 nitrogen and oxygen atoms in total. The van der Waals surface area contributed by atoms with Gasteiger partial charge in [-0.15, -0.1) is 0 Å². The summed E-state index contributed by atoms with van der Waals surface area (Å²) in [6.45, 7) is 1.54. The maximum absolute atomic E-state index is 12.1. The molecule has 1 amide bonds. The summed E-state index contributed by atoms with van der Waals surface area (Å²) in [5.41, 5.74) is 6.09. The maximum Gasteiger partial charge on any atom is 0.235 e. The molecule has 0 saturated carbocycles. The summed E-state index contributed by atoms with van der Waals surface area (Å²) in [5, 5.41) is 0.350. The Kier molecular flexibility index (Phi) is 4.24. The smallest absolute Gasteiger partial charge is 0.235 e. The Hall–Kier alpha value is -1.07. The van der Waals surface area contributed by atoms with Crippen LogP contribution in [0.2, 0.25) is 5.02 Å². The van der Waals surface area contributed by atoms with Crippen LogP contribution in [0.25, 0.3) is 0 Å². The van der Waals surface area contributed by atoms with Gasteiger partial charge in [0.2, 0.25) is 5.91 Å². The van der Waals surface area contributed by atoms with Crippen LogP contribution in [-0.2, 0) is 15.6 Å². The minimum Gasteiger partial charge on any atom is -0.399 e. The highest BCUT2D eigenvalue weighted by molar-refractivity contribution is 7.85. The van der Waals surface area contributed by atoms with Crippen molar-refractivity contribution in [2.24, 2.45) is 0 Å². The Labute approximate surface area is 114 Å². The van der Waals surface area contributed by atoms with E-state index >= 15 is 0 Å². The summed E-state index contributed by atoms with van der Waals surface area (Å²) in [4.78, 5) is 14.1. The van der Waals surface area contributed by atoms with Crippen molar-refractivity contribution in [2.75, 3.05) is 24.6 Å². The molecule has 1 heterocycles. The van der Waals surface area contributed by atoms with Gasteiger partial charge in [0.25, 0.3) is 0 Å². The van der Waals surface area contributed by atoms with Crippen molar-refractivity contribution < 1.29 is 9.00 Å². The van der Waals surface area contributed by atoms with Crippen LogP contribution in [0.1, 0.15) is 12.8 Å². The molecule has 1 aliphatic heterocycles. The number of benzene rings is 1. The van der Waals surface area contributed by atoms with E-state index in [1.807, 2.05) is 0 Å². The Balaban J connectivity index is 2.05. The molecule has 1 aromatic rings. The number of halogens is 1. The minimum absolute atomic E-state index is 0.0103. The average molecular weight is 287 g/mol. The highest BCUT2D eigenvalue weighted by atomic mass is 35.5. The zero-order valence-corrected chi connectivity index (χ0v) is 11.5. The van der Waals surface area contributed by atoms with Crippen LogP contribution in [0.15, 0.2) is 23.1 Å². The third-order valence-electron chi connectivity index (χ3n) is 2.91. The number of carbonyl (C=O) groups excluding carboxylic acids is 1. The second-order valence-corrected chi connectivity index (χ2v) is 6.09. The van der Waals surface area contributed by atoms with Gasteiger partial charge in [-0.25, -0.2) is 0 Å². The molecule has 18 heavy (non-hydrogen) atoms. The molecule has 2 rings (SSSR count). The molecule has 1 fully saturated rings. The highest BCUT2D eigenvalue weighted by Crippen LogP contribution is 2.23. The fourth-order valence-electron chi connectivity index (χ4n) is 1.95. The van der Waals surface area contributed by atoms with Gasteiger partial charge in [-0.3, -0.25) is 9.00 Å². The SMILES string of the molecule is Nc1ccc(S(=O)CC(=O)N2CCCC2)c(Cl)c1.